The van der Waals surface area contributed by atoms with Crippen LogP contribution in [-0.2, 0) is 0 Å². The summed E-state index contributed by atoms with van der Waals surface area (Å²) in [4.78, 5) is 25.0. The summed E-state index contributed by atoms with van der Waals surface area (Å²) in [5.74, 6) is 1.86. The molecule has 1 heterocycles. The SMILES string of the molecule is Nc1c(N2CCC(c3cccc(Oc4ccccc4)c3)C2)c(=O)c1=O. The van der Waals surface area contributed by atoms with Gasteiger partial charge in [-0.25, -0.2) is 0 Å². The average Bonchev–Trinajstić information content (AvgIpc) is 3.12. The van der Waals surface area contributed by atoms with Crippen molar-refractivity contribution in [1.29, 1.82) is 0 Å². The lowest BCUT2D eigenvalue weighted by Gasteiger charge is -2.21. The Kier molecular flexibility index (Phi) is 3.76. The van der Waals surface area contributed by atoms with Crippen LogP contribution in [0, 0.1) is 0 Å². The molecule has 1 atom stereocenters. The summed E-state index contributed by atoms with van der Waals surface area (Å²) < 4.78 is 5.89. The number of nitrogens with zero attached hydrogens (tertiary/aromatic N) is 1. The Morgan fingerprint density at radius 2 is 1.72 bits per heavy atom. The van der Waals surface area contributed by atoms with E-state index in [4.69, 9.17) is 10.5 Å². The summed E-state index contributed by atoms with van der Waals surface area (Å²) in [6.45, 7) is 1.41. The maximum atomic E-state index is 11.7. The lowest BCUT2D eigenvalue weighted by atomic mass is 9.98. The average molecular weight is 334 g/mol. The number of nitrogen functional groups attached to an aromatic ring is 1. The number of para-hydroxylation sites is 1. The normalized spacial score (nSPS) is 17.1. The van der Waals surface area contributed by atoms with E-state index in [1.54, 1.807) is 0 Å². The monoisotopic (exact) mass is 334 g/mol. The molecular formula is C20H18N2O3. The zero-order chi connectivity index (χ0) is 17.4. The second kappa shape index (κ2) is 6.09. The molecule has 0 radical (unpaired) electrons. The fraction of sp³-hybridized carbons (Fsp3) is 0.200. The van der Waals surface area contributed by atoms with Crippen molar-refractivity contribution in [3.63, 3.8) is 0 Å². The van der Waals surface area contributed by atoms with Gasteiger partial charge in [-0.3, -0.25) is 9.59 Å². The molecule has 4 rings (SSSR count). The number of ether oxygens (including phenoxy) is 1. The van der Waals surface area contributed by atoms with E-state index in [1.165, 1.54) is 0 Å². The molecule has 0 spiro atoms. The molecule has 1 fully saturated rings. The topological polar surface area (TPSA) is 72.6 Å². The highest BCUT2D eigenvalue weighted by Gasteiger charge is 2.31. The van der Waals surface area contributed by atoms with Crippen molar-refractivity contribution < 1.29 is 4.74 Å². The fourth-order valence-electron chi connectivity index (χ4n) is 3.40. The Hall–Kier alpha value is -3.08. The summed E-state index contributed by atoms with van der Waals surface area (Å²) >= 11 is 0. The third-order valence-electron chi connectivity index (χ3n) is 4.73. The van der Waals surface area contributed by atoms with Gasteiger partial charge in [-0.15, -0.1) is 0 Å². The molecular weight excluding hydrogens is 316 g/mol. The number of rotatable bonds is 4. The van der Waals surface area contributed by atoms with E-state index in [-0.39, 0.29) is 11.6 Å². The van der Waals surface area contributed by atoms with Gasteiger partial charge in [0, 0.05) is 19.0 Å². The van der Waals surface area contributed by atoms with Gasteiger partial charge >= 0.3 is 0 Å². The third kappa shape index (κ3) is 2.78. The van der Waals surface area contributed by atoms with Gasteiger partial charge in [0.05, 0.1) is 0 Å². The lowest BCUT2D eigenvalue weighted by molar-refractivity contribution is 0.481. The number of anilines is 2. The van der Waals surface area contributed by atoms with E-state index in [1.807, 2.05) is 53.4 Å². The molecule has 1 unspecified atom stereocenters. The van der Waals surface area contributed by atoms with Crippen LogP contribution in [0.2, 0.25) is 0 Å². The van der Waals surface area contributed by atoms with Gasteiger partial charge in [0.2, 0.25) is 0 Å². The summed E-state index contributed by atoms with van der Waals surface area (Å²) in [7, 11) is 0. The van der Waals surface area contributed by atoms with Crippen molar-refractivity contribution in [3.8, 4) is 11.5 Å². The van der Waals surface area contributed by atoms with Gasteiger partial charge in [0.1, 0.15) is 22.9 Å². The van der Waals surface area contributed by atoms with Gasteiger partial charge < -0.3 is 15.4 Å². The minimum atomic E-state index is -0.559. The van der Waals surface area contributed by atoms with Crippen molar-refractivity contribution in [1.82, 2.24) is 0 Å². The largest absolute Gasteiger partial charge is 0.457 e. The van der Waals surface area contributed by atoms with Crippen molar-refractivity contribution in [3.05, 3.63) is 80.6 Å². The summed E-state index contributed by atoms with van der Waals surface area (Å²) in [5.41, 5.74) is 6.32. The zero-order valence-corrected chi connectivity index (χ0v) is 13.6. The molecule has 1 aliphatic rings. The maximum absolute atomic E-state index is 11.7. The van der Waals surface area contributed by atoms with E-state index >= 15 is 0 Å². The Balaban J connectivity index is 1.51. The smallest absolute Gasteiger partial charge is 0.253 e. The number of hydrogen-bond donors (Lipinski definition) is 1. The van der Waals surface area contributed by atoms with Gasteiger partial charge in [0.15, 0.2) is 0 Å². The maximum Gasteiger partial charge on any atom is 0.253 e. The van der Waals surface area contributed by atoms with Crippen LogP contribution in [0.1, 0.15) is 17.9 Å². The van der Waals surface area contributed by atoms with Gasteiger partial charge in [0.25, 0.3) is 10.9 Å². The molecule has 5 nitrogen and oxygen atoms in total. The van der Waals surface area contributed by atoms with Gasteiger partial charge in [-0.1, -0.05) is 30.3 Å². The fourth-order valence-corrected chi connectivity index (χ4v) is 3.40. The lowest BCUT2D eigenvalue weighted by Crippen LogP contribution is -2.41. The molecule has 25 heavy (non-hydrogen) atoms. The first-order chi connectivity index (χ1) is 12.1. The van der Waals surface area contributed by atoms with E-state index in [0.717, 1.165) is 30.0 Å². The van der Waals surface area contributed by atoms with Crippen LogP contribution in [-0.4, -0.2) is 13.1 Å². The van der Waals surface area contributed by atoms with Crippen molar-refractivity contribution in [2.45, 2.75) is 12.3 Å². The first-order valence-corrected chi connectivity index (χ1v) is 8.30. The van der Waals surface area contributed by atoms with E-state index in [0.29, 0.717) is 12.2 Å². The minimum Gasteiger partial charge on any atom is -0.457 e. The standard InChI is InChI=1S/C20H18N2O3/c21-17-18(20(24)19(17)23)22-10-9-14(12-22)13-5-4-8-16(11-13)25-15-6-2-1-3-7-15/h1-8,11,14H,9-10,12,21H2. The Morgan fingerprint density at radius 3 is 2.48 bits per heavy atom. The van der Waals surface area contributed by atoms with Crippen LogP contribution in [0.25, 0.3) is 0 Å². The summed E-state index contributed by atoms with van der Waals surface area (Å²) in [5, 5.41) is 0. The highest BCUT2D eigenvalue weighted by atomic mass is 16.5. The molecule has 2 N–H and O–H groups in total. The summed E-state index contributed by atoms with van der Waals surface area (Å²) in [6, 6.07) is 17.6. The molecule has 5 heteroatoms. The number of hydrogen-bond acceptors (Lipinski definition) is 5. The van der Waals surface area contributed by atoms with Crippen molar-refractivity contribution >= 4 is 11.4 Å². The second-order valence-electron chi connectivity index (χ2n) is 6.34. The van der Waals surface area contributed by atoms with Crippen molar-refractivity contribution in [2.24, 2.45) is 0 Å². The Labute approximate surface area is 145 Å². The zero-order valence-electron chi connectivity index (χ0n) is 13.6. The third-order valence-corrected chi connectivity index (χ3v) is 4.73. The van der Waals surface area contributed by atoms with Crippen LogP contribution in [0.4, 0.5) is 11.4 Å². The molecule has 126 valence electrons. The molecule has 0 bridgehead atoms. The predicted molar refractivity (Wildman–Crippen MR) is 98.3 cm³/mol. The Bertz CT molecular complexity index is 974. The van der Waals surface area contributed by atoms with E-state index < -0.39 is 10.9 Å². The highest BCUT2D eigenvalue weighted by molar-refractivity contribution is 5.73. The van der Waals surface area contributed by atoms with Gasteiger partial charge in [-0.2, -0.15) is 0 Å². The van der Waals surface area contributed by atoms with Crippen molar-refractivity contribution in [2.75, 3.05) is 23.7 Å². The quantitative estimate of drug-likeness (QED) is 0.743. The molecule has 0 saturated carbocycles. The summed E-state index contributed by atoms with van der Waals surface area (Å²) in [6.07, 6.45) is 0.910. The first-order valence-electron chi connectivity index (χ1n) is 8.30. The molecule has 0 amide bonds. The minimum absolute atomic E-state index is 0.104. The van der Waals surface area contributed by atoms with Crippen LogP contribution in [0.5, 0.6) is 11.5 Å². The molecule has 1 aliphatic heterocycles. The second-order valence-corrected chi connectivity index (χ2v) is 6.34. The molecule has 0 aromatic heterocycles. The highest BCUT2D eigenvalue weighted by Crippen LogP contribution is 2.33. The molecule has 0 aliphatic carbocycles. The van der Waals surface area contributed by atoms with Crippen LogP contribution < -0.4 is 26.2 Å². The van der Waals surface area contributed by atoms with Crippen LogP contribution >= 0.6 is 0 Å². The van der Waals surface area contributed by atoms with Gasteiger partial charge in [-0.05, 0) is 36.2 Å². The molecule has 3 aromatic rings. The first kappa shape index (κ1) is 15.4. The van der Waals surface area contributed by atoms with Crippen LogP contribution in [0.15, 0.2) is 64.2 Å². The van der Waals surface area contributed by atoms with E-state index in [2.05, 4.69) is 6.07 Å². The number of nitrogens with two attached hydrogens (primary N) is 1. The number of benzene rings is 2. The molecule has 3 aromatic carbocycles. The van der Waals surface area contributed by atoms with E-state index in [9.17, 15) is 9.59 Å². The molecule has 1 saturated heterocycles. The Morgan fingerprint density at radius 1 is 0.960 bits per heavy atom. The van der Waals surface area contributed by atoms with Crippen LogP contribution in [0.3, 0.4) is 0 Å². The predicted octanol–water partition coefficient (Wildman–Crippen LogP) is 2.65.